The van der Waals surface area contributed by atoms with E-state index in [0.29, 0.717) is 18.9 Å². The van der Waals surface area contributed by atoms with Gasteiger partial charge in [0.15, 0.2) is 11.5 Å². The molecule has 198 valence electrons. The maximum absolute atomic E-state index is 11.2. The van der Waals surface area contributed by atoms with Crippen molar-refractivity contribution in [1.29, 1.82) is 0 Å². The van der Waals surface area contributed by atoms with E-state index in [9.17, 15) is 5.11 Å². The quantitative estimate of drug-likeness (QED) is 0.448. The van der Waals surface area contributed by atoms with Crippen molar-refractivity contribution >= 4 is 10.8 Å². The van der Waals surface area contributed by atoms with Gasteiger partial charge in [0.25, 0.3) is 0 Å². The number of aliphatic hydroxyl groups excluding tert-OH is 1. The largest absolute Gasteiger partial charge is 0.496 e. The Morgan fingerprint density at radius 2 is 1.57 bits per heavy atom. The first kappa shape index (κ1) is 25.8. The van der Waals surface area contributed by atoms with E-state index in [4.69, 9.17) is 14.2 Å². The van der Waals surface area contributed by atoms with Gasteiger partial charge in [-0.3, -0.25) is 4.90 Å². The van der Waals surface area contributed by atoms with Crippen LogP contribution in [0, 0.1) is 5.92 Å². The highest BCUT2D eigenvalue weighted by Gasteiger charge is 2.27. The summed E-state index contributed by atoms with van der Waals surface area (Å²) in [6.07, 6.45) is 3.83. The van der Waals surface area contributed by atoms with Crippen LogP contribution in [0.15, 0.2) is 48.5 Å². The Hall–Kier alpha value is -2.80. The molecule has 2 aliphatic heterocycles. The Labute approximate surface area is 220 Å². The number of β-amino-alcohol motifs (C(OH)–C–C–N with tert-alkyl or cyclic N) is 1. The Kier molecular flexibility index (Phi) is 8.18. The van der Waals surface area contributed by atoms with Gasteiger partial charge < -0.3 is 24.2 Å². The molecule has 2 unspecified atom stereocenters. The van der Waals surface area contributed by atoms with Crippen molar-refractivity contribution < 1.29 is 19.3 Å². The Morgan fingerprint density at radius 3 is 2.27 bits per heavy atom. The van der Waals surface area contributed by atoms with Crippen molar-refractivity contribution in [2.75, 3.05) is 47.5 Å². The molecule has 0 saturated carbocycles. The molecule has 1 fully saturated rings. The van der Waals surface area contributed by atoms with Crippen LogP contribution in [0.4, 0.5) is 0 Å². The molecule has 1 N–H and O–H groups in total. The molecule has 2 aliphatic rings. The highest BCUT2D eigenvalue weighted by molar-refractivity contribution is 5.87. The lowest BCUT2D eigenvalue weighted by Gasteiger charge is -2.29. The summed E-state index contributed by atoms with van der Waals surface area (Å²) in [5, 5.41) is 13.5. The zero-order valence-corrected chi connectivity index (χ0v) is 22.4. The van der Waals surface area contributed by atoms with Gasteiger partial charge in [0.2, 0.25) is 0 Å². The van der Waals surface area contributed by atoms with Crippen LogP contribution < -0.4 is 14.2 Å². The standard InChI is InChI=1S/C31H40N2O4/c1-35-29-12-11-23-9-4-5-10-27(23)28(29)16-26(34)21-32-13-7-6-8-22(17-32)18-33-19-24-14-30(36-2)31(37-3)15-25(24)20-33/h4-5,9-12,14-15,22,26,34H,6-8,13,16-21H2,1-3H3. The molecule has 1 saturated heterocycles. The molecular formula is C31H40N2O4. The van der Waals surface area contributed by atoms with Gasteiger partial charge in [0.05, 0.1) is 27.4 Å². The second-order valence-corrected chi connectivity index (χ2v) is 10.6. The van der Waals surface area contributed by atoms with E-state index in [-0.39, 0.29) is 0 Å². The third-order valence-electron chi connectivity index (χ3n) is 7.99. The number of methoxy groups -OCH3 is 3. The second-order valence-electron chi connectivity index (χ2n) is 10.6. The van der Waals surface area contributed by atoms with Gasteiger partial charge in [0.1, 0.15) is 5.75 Å². The topological polar surface area (TPSA) is 54.4 Å². The van der Waals surface area contributed by atoms with E-state index in [2.05, 4.69) is 52.3 Å². The summed E-state index contributed by atoms with van der Waals surface area (Å²) in [6, 6.07) is 16.7. The second kappa shape index (κ2) is 11.7. The van der Waals surface area contributed by atoms with Gasteiger partial charge in [-0.05, 0) is 65.4 Å². The van der Waals surface area contributed by atoms with Gasteiger partial charge >= 0.3 is 0 Å². The minimum atomic E-state index is -0.436. The van der Waals surface area contributed by atoms with E-state index in [1.165, 1.54) is 35.8 Å². The Balaban J connectivity index is 1.21. The minimum Gasteiger partial charge on any atom is -0.496 e. The number of rotatable bonds is 9. The Morgan fingerprint density at radius 1 is 0.865 bits per heavy atom. The van der Waals surface area contributed by atoms with Crippen LogP contribution >= 0.6 is 0 Å². The third kappa shape index (κ3) is 5.87. The fraction of sp³-hybridized carbons (Fsp3) is 0.484. The molecule has 2 heterocycles. The van der Waals surface area contributed by atoms with Crippen LogP contribution in [0.2, 0.25) is 0 Å². The first-order valence-corrected chi connectivity index (χ1v) is 13.5. The first-order valence-electron chi connectivity index (χ1n) is 13.5. The number of likely N-dealkylation sites (tertiary alicyclic amines) is 1. The van der Waals surface area contributed by atoms with Crippen LogP contribution in [-0.4, -0.2) is 68.5 Å². The van der Waals surface area contributed by atoms with E-state index in [1.807, 2.05) is 6.07 Å². The number of aliphatic hydroxyl groups is 1. The number of fused-ring (bicyclic) bond motifs is 2. The maximum atomic E-state index is 11.2. The summed E-state index contributed by atoms with van der Waals surface area (Å²) in [5.74, 6) is 3.06. The summed E-state index contributed by atoms with van der Waals surface area (Å²) in [5.41, 5.74) is 3.77. The molecular weight excluding hydrogens is 464 g/mol. The molecule has 37 heavy (non-hydrogen) atoms. The van der Waals surface area contributed by atoms with Crippen molar-refractivity contribution in [3.63, 3.8) is 0 Å². The van der Waals surface area contributed by atoms with Crippen molar-refractivity contribution in [1.82, 2.24) is 9.80 Å². The van der Waals surface area contributed by atoms with Gasteiger partial charge in [-0.25, -0.2) is 0 Å². The summed E-state index contributed by atoms with van der Waals surface area (Å²) < 4.78 is 16.7. The van der Waals surface area contributed by atoms with Crippen LogP contribution in [0.5, 0.6) is 17.2 Å². The summed E-state index contributed by atoms with van der Waals surface area (Å²) in [7, 11) is 5.10. The lowest BCUT2D eigenvalue weighted by molar-refractivity contribution is 0.100. The average Bonchev–Trinajstić information content (AvgIpc) is 3.17. The molecule has 0 radical (unpaired) electrons. The lowest BCUT2D eigenvalue weighted by atomic mass is 9.98. The van der Waals surface area contributed by atoms with Crippen molar-refractivity contribution in [2.24, 2.45) is 5.92 Å². The van der Waals surface area contributed by atoms with Gasteiger partial charge in [-0.2, -0.15) is 0 Å². The highest BCUT2D eigenvalue weighted by atomic mass is 16.5. The molecule has 0 amide bonds. The number of benzene rings is 3. The smallest absolute Gasteiger partial charge is 0.161 e. The van der Waals surface area contributed by atoms with Crippen LogP contribution in [0.1, 0.15) is 36.0 Å². The SMILES string of the molecule is COc1cc2c(cc1OC)CN(CC1CCCCN(CC(O)Cc3c(OC)ccc4ccccc34)C1)C2. The first-order chi connectivity index (χ1) is 18.1. The van der Waals surface area contributed by atoms with E-state index < -0.39 is 6.10 Å². The van der Waals surface area contributed by atoms with Crippen molar-refractivity contribution in [3.8, 4) is 17.2 Å². The molecule has 6 heteroatoms. The normalized spacial score (nSPS) is 19.4. The number of hydrogen-bond donors (Lipinski definition) is 1. The molecule has 6 nitrogen and oxygen atoms in total. The predicted octanol–water partition coefficient (Wildman–Crippen LogP) is 4.89. The van der Waals surface area contributed by atoms with Gasteiger partial charge in [-0.15, -0.1) is 0 Å². The van der Waals surface area contributed by atoms with Crippen molar-refractivity contribution in [3.05, 3.63) is 65.2 Å². The van der Waals surface area contributed by atoms with E-state index >= 15 is 0 Å². The molecule has 3 aromatic rings. The zero-order valence-electron chi connectivity index (χ0n) is 22.4. The highest BCUT2D eigenvalue weighted by Crippen LogP contribution is 2.35. The summed E-state index contributed by atoms with van der Waals surface area (Å²) >= 11 is 0. The van der Waals surface area contributed by atoms with Gasteiger partial charge in [0, 0.05) is 44.7 Å². The minimum absolute atomic E-state index is 0.436. The molecule has 2 atom stereocenters. The third-order valence-corrected chi connectivity index (χ3v) is 7.99. The lowest BCUT2D eigenvalue weighted by Crippen LogP contribution is -2.38. The zero-order chi connectivity index (χ0) is 25.8. The van der Waals surface area contributed by atoms with Crippen LogP contribution in [-0.2, 0) is 19.5 Å². The van der Waals surface area contributed by atoms with Crippen molar-refractivity contribution in [2.45, 2.75) is 44.9 Å². The maximum Gasteiger partial charge on any atom is 0.161 e. The van der Waals surface area contributed by atoms with Crippen LogP contribution in [0.25, 0.3) is 10.8 Å². The molecule has 3 aromatic carbocycles. The predicted molar refractivity (Wildman–Crippen MR) is 148 cm³/mol. The van der Waals surface area contributed by atoms with Gasteiger partial charge in [-0.1, -0.05) is 36.8 Å². The number of ether oxygens (including phenoxy) is 3. The van der Waals surface area contributed by atoms with E-state index in [1.54, 1.807) is 21.3 Å². The summed E-state index contributed by atoms with van der Waals surface area (Å²) in [6.45, 7) is 5.75. The van der Waals surface area contributed by atoms with Crippen LogP contribution in [0.3, 0.4) is 0 Å². The monoisotopic (exact) mass is 504 g/mol. The Bertz CT molecular complexity index is 1180. The molecule has 5 rings (SSSR count). The number of nitrogens with zero attached hydrogens (tertiary/aromatic N) is 2. The fourth-order valence-corrected chi connectivity index (χ4v) is 6.24. The number of hydrogen-bond acceptors (Lipinski definition) is 6. The molecule has 0 aliphatic carbocycles. The molecule has 0 spiro atoms. The average molecular weight is 505 g/mol. The summed E-state index contributed by atoms with van der Waals surface area (Å²) in [4.78, 5) is 5.03. The molecule has 0 aromatic heterocycles. The van der Waals surface area contributed by atoms with E-state index in [0.717, 1.165) is 60.9 Å². The fourth-order valence-electron chi connectivity index (χ4n) is 6.24. The molecule has 0 bridgehead atoms.